The van der Waals surface area contributed by atoms with Crippen LogP contribution in [-0.4, -0.2) is 18.0 Å². The zero-order valence-electron chi connectivity index (χ0n) is 10.2. The van der Waals surface area contributed by atoms with Gasteiger partial charge in [-0.05, 0) is 37.5 Å². The van der Waals surface area contributed by atoms with Crippen LogP contribution >= 0.6 is 0 Å². The molecule has 0 aliphatic heterocycles. The molecule has 0 aromatic carbocycles. The maximum absolute atomic E-state index is 11.8. The van der Waals surface area contributed by atoms with Crippen molar-refractivity contribution in [3.63, 3.8) is 0 Å². The van der Waals surface area contributed by atoms with E-state index in [2.05, 4.69) is 12.2 Å². The standard InChI is InChI=1S/C13H24N2O/c1-2-4-10-7-12(10)15-13(16)8-9-5-3-6-11(9)14/h9-12H,2-8,14H2,1H3,(H,15,16)/t9-,10?,11+,12?/m0/s1. The van der Waals surface area contributed by atoms with E-state index in [0.29, 0.717) is 18.4 Å². The average molecular weight is 224 g/mol. The Bertz CT molecular complexity index is 254. The summed E-state index contributed by atoms with van der Waals surface area (Å²) >= 11 is 0. The van der Waals surface area contributed by atoms with Crippen LogP contribution in [0.5, 0.6) is 0 Å². The van der Waals surface area contributed by atoms with Crippen LogP contribution in [0.4, 0.5) is 0 Å². The third kappa shape index (κ3) is 2.97. The molecule has 2 saturated carbocycles. The lowest BCUT2D eigenvalue weighted by Gasteiger charge is -2.14. The van der Waals surface area contributed by atoms with Crippen LogP contribution in [-0.2, 0) is 4.79 Å². The molecule has 2 aliphatic carbocycles. The highest BCUT2D eigenvalue weighted by atomic mass is 16.1. The van der Waals surface area contributed by atoms with Crippen molar-refractivity contribution in [1.29, 1.82) is 0 Å². The average Bonchev–Trinajstić information content (AvgIpc) is 2.82. The van der Waals surface area contributed by atoms with Crippen molar-refractivity contribution in [2.75, 3.05) is 0 Å². The number of nitrogens with one attached hydrogen (secondary N) is 1. The van der Waals surface area contributed by atoms with Crippen LogP contribution in [0, 0.1) is 11.8 Å². The van der Waals surface area contributed by atoms with E-state index in [1.165, 1.54) is 25.7 Å². The molecule has 3 nitrogen and oxygen atoms in total. The van der Waals surface area contributed by atoms with E-state index in [9.17, 15) is 4.79 Å². The summed E-state index contributed by atoms with van der Waals surface area (Å²) < 4.78 is 0. The molecule has 3 heteroatoms. The number of carbonyl (C=O) groups excluding carboxylic acids is 1. The van der Waals surface area contributed by atoms with Gasteiger partial charge in [-0.3, -0.25) is 4.79 Å². The van der Waals surface area contributed by atoms with Crippen LogP contribution in [0.3, 0.4) is 0 Å². The quantitative estimate of drug-likeness (QED) is 0.748. The predicted molar refractivity (Wildman–Crippen MR) is 64.9 cm³/mol. The van der Waals surface area contributed by atoms with Crippen molar-refractivity contribution >= 4 is 5.91 Å². The first-order chi connectivity index (χ1) is 7.70. The summed E-state index contributed by atoms with van der Waals surface area (Å²) in [4.78, 5) is 11.8. The zero-order valence-corrected chi connectivity index (χ0v) is 10.2. The molecule has 2 unspecified atom stereocenters. The molecule has 0 bridgehead atoms. The molecule has 2 fully saturated rings. The summed E-state index contributed by atoms with van der Waals surface area (Å²) in [5.41, 5.74) is 5.97. The van der Waals surface area contributed by atoms with Crippen molar-refractivity contribution < 1.29 is 4.79 Å². The zero-order chi connectivity index (χ0) is 11.5. The first-order valence-corrected chi connectivity index (χ1v) is 6.75. The number of carbonyl (C=O) groups is 1. The Morgan fingerprint density at radius 1 is 1.38 bits per heavy atom. The number of rotatable bonds is 5. The number of hydrogen-bond donors (Lipinski definition) is 2. The predicted octanol–water partition coefficient (Wildman–Crippen LogP) is 1.81. The van der Waals surface area contributed by atoms with Crippen molar-refractivity contribution in [2.24, 2.45) is 17.6 Å². The second-order valence-electron chi connectivity index (χ2n) is 5.52. The largest absolute Gasteiger partial charge is 0.353 e. The second-order valence-corrected chi connectivity index (χ2v) is 5.52. The van der Waals surface area contributed by atoms with E-state index in [1.54, 1.807) is 0 Å². The van der Waals surface area contributed by atoms with Crippen LogP contribution < -0.4 is 11.1 Å². The highest BCUT2D eigenvalue weighted by molar-refractivity contribution is 5.77. The van der Waals surface area contributed by atoms with Gasteiger partial charge in [0.1, 0.15) is 0 Å². The Kier molecular flexibility index (Phi) is 3.85. The van der Waals surface area contributed by atoms with Gasteiger partial charge in [-0.15, -0.1) is 0 Å². The molecule has 2 aliphatic rings. The molecule has 0 heterocycles. The Hall–Kier alpha value is -0.570. The van der Waals surface area contributed by atoms with Gasteiger partial charge in [-0.1, -0.05) is 19.8 Å². The number of hydrogen-bond acceptors (Lipinski definition) is 2. The fraction of sp³-hybridized carbons (Fsp3) is 0.923. The van der Waals surface area contributed by atoms with Gasteiger partial charge < -0.3 is 11.1 Å². The van der Waals surface area contributed by atoms with Gasteiger partial charge >= 0.3 is 0 Å². The highest BCUT2D eigenvalue weighted by Crippen LogP contribution is 2.35. The lowest BCUT2D eigenvalue weighted by Crippen LogP contribution is -2.33. The smallest absolute Gasteiger partial charge is 0.220 e. The molecular formula is C13H24N2O. The topological polar surface area (TPSA) is 55.1 Å². The monoisotopic (exact) mass is 224 g/mol. The minimum absolute atomic E-state index is 0.228. The molecule has 0 radical (unpaired) electrons. The molecule has 0 aromatic rings. The Morgan fingerprint density at radius 3 is 2.81 bits per heavy atom. The van der Waals surface area contributed by atoms with Gasteiger partial charge in [0.25, 0.3) is 0 Å². The lowest BCUT2D eigenvalue weighted by atomic mass is 10.00. The molecule has 0 saturated heterocycles. The van der Waals surface area contributed by atoms with E-state index in [0.717, 1.165) is 18.8 Å². The van der Waals surface area contributed by atoms with E-state index in [-0.39, 0.29) is 11.9 Å². The van der Waals surface area contributed by atoms with Gasteiger partial charge in [-0.2, -0.15) is 0 Å². The van der Waals surface area contributed by atoms with Gasteiger partial charge in [-0.25, -0.2) is 0 Å². The lowest BCUT2D eigenvalue weighted by molar-refractivity contribution is -0.122. The number of nitrogens with two attached hydrogens (primary N) is 1. The molecule has 2 rings (SSSR count). The molecule has 1 amide bonds. The summed E-state index contributed by atoms with van der Waals surface area (Å²) in [5, 5.41) is 3.14. The van der Waals surface area contributed by atoms with Crippen molar-refractivity contribution in [2.45, 2.75) is 64.0 Å². The molecule has 0 spiro atoms. The number of amides is 1. The van der Waals surface area contributed by atoms with Gasteiger partial charge in [0.15, 0.2) is 0 Å². The van der Waals surface area contributed by atoms with Crippen molar-refractivity contribution in [3.8, 4) is 0 Å². The van der Waals surface area contributed by atoms with E-state index in [1.807, 2.05) is 0 Å². The second kappa shape index (κ2) is 5.17. The molecule has 0 aromatic heterocycles. The SMILES string of the molecule is CCCC1CC1NC(=O)C[C@@H]1CCC[C@H]1N. The van der Waals surface area contributed by atoms with E-state index in [4.69, 9.17) is 5.73 Å². The van der Waals surface area contributed by atoms with Crippen LogP contribution in [0.1, 0.15) is 51.9 Å². The first kappa shape index (κ1) is 11.9. The van der Waals surface area contributed by atoms with Crippen LogP contribution in [0.25, 0.3) is 0 Å². The highest BCUT2D eigenvalue weighted by Gasteiger charge is 2.37. The van der Waals surface area contributed by atoms with Gasteiger partial charge in [0.2, 0.25) is 5.91 Å². The van der Waals surface area contributed by atoms with Crippen molar-refractivity contribution in [3.05, 3.63) is 0 Å². The summed E-state index contributed by atoms with van der Waals surface area (Å²) in [6.45, 7) is 2.20. The minimum Gasteiger partial charge on any atom is -0.353 e. The van der Waals surface area contributed by atoms with Gasteiger partial charge in [0, 0.05) is 18.5 Å². The van der Waals surface area contributed by atoms with E-state index < -0.39 is 0 Å². The molecule has 16 heavy (non-hydrogen) atoms. The fourth-order valence-electron chi connectivity index (χ4n) is 2.94. The molecule has 92 valence electrons. The minimum atomic E-state index is 0.228. The Morgan fingerprint density at radius 2 is 2.19 bits per heavy atom. The third-order valence-corrected chi connectivity index (χ3v) is 4.09. The Labute approximate surface area is 98.2 Å². The molecular weight excluding hydrogens is 200 g/mol. The summed E-state index contributed by atoms with van der Waals surface area (Å²) in [7, 11) is 0. The fourth-order valence-corrected chi connectivity index (χ4v) is 2.94. The maximum Gasteiger partial charge on any atom is 0.220 e. The molecule has 3 N–H and O–H groups in total. The molecule has 4 atom stereocenters. The van der Waals surface area contributed by atoms with Crippen molar-refractivity contribution in [1.82, 2.24) is 5.32 Å². The summed E-state index contributed by atoms with van der Waals surface area (Å²) in [6.07, 6.45) is 7.75. The van der Waals surface area contributed by atoms with Gasteiger partial charge in [0.05, 0.1) is 0 Å². The van der Waals surface area contributed by atoms with Crippen LogP contribution in [0.15, 0.2) is 0 Å². The maximum atomic E-state index is 11.8. The summed E-state index contributed by atoms with van der Waals surface area (Å²) in [5.74, 6) is 1.42. The summed E-state index contributed by atoms with van der Waals surface area (Å²) in [6, 6.07) is 0.737. The third-order valence-electron chi connectivity index (χ3n) is 4.09. The van der Waals surface area contributed by atoms with Crippen LogP contribution in [0.2, 0.25) is 0 Å². The van der Waals surface area contributed by atoms with E-state index >= 15 is 0 Å². The first-order valence-electron chi connectivity index (χ1n) is 6.75. The Balaban J connectivity index is 1.65. The normalized spacial score (nSPS) is 37.4.